The molecule has 37 heavy (non-hydrogen) atoms. The third-order valence-electron chi connectivity index (χ3n) is 7.83. The second-order valence-corrected chi connectivity index (χ2v) is 10.4. The number of ketones is 2. The number of allylic oxidation sites excluding steroid dienone is 3. The number of Topliss-reactive ketones (excluding diaryl/α,β-unsaturated/α-hetero) is 2. The summed E-state index contributed by atoms with van der Waals surface area (Å²) in [5.74, 6) is 0.716. The maximum absolute atomic E-state index is 13.6. The molecule has 1 aliphatic heterocycles. The molecule has 0 bridgehead atoms. The zero-order chi connectivity index (χ0) is 26.9. The summed E-state index contributed by atoms with van der Waals surface area (Å²) < 4.78 is 46.1. The van der Waals surface area contributed by atoms with Crippen LogP contribution in [0.3, 0.4) is 0 Å². The van der Waals surface area contributed by atoms with Crippen molar-refractivity contribution >= 4 is 22.5 Å². The molecule has 0 saturated carbocycles. The number of piperidine rings is 1. The van der Waals surface area contributed by atoms with Gasteiger partial charge in [-0.2, -0.15) is 13.2 Å². The third-order valence-corrected chi connectivity index (χ3v) is 7.83. The van der Waals surface area contributed by atoms with Crippen LogP contribution in [0.5, 0.6) is 0 Å². The summed E-state index contributed by atoms with van der Waals surface area (Å²) in [7, 11) is 1.53. The number of fused-ring (bicyclic) bond motifs is 1. The van der Waals surface area contributed by atoms with Gasteiger partial charge in [0.1, 0.15) is 5.76 Å². The highest BCUT2D eigenvalue weighted by Crippen LogP contribution is 2.37. The van der Waals surface area contributed by atoms with Crippen molar-refractivity contribution in [3.63, 3.8) is 0 Å². The quantitative estimate of drug-likeness (QED) is 0.373. The van der Waals surface area contributed by atoms with Crippen LogP contribution >= 0.6 is 0 Å². The molecule has 2 aliphatic rings. The summed E-state index contributed by atoms with van der Waals surface area (Å²) >= 11 is 0. The number of methoxy groups -OCH3 is 1. The van der Waals surface area contributed by atoms with Crippen LogP contribution in [0.2, 0.25) is 0 Å². The minimum Gasteiger partial charge on any atom is -0.496 e. The molecule has 4 rings (SSSR count). The zero-order valence-corrected chi connectivity index (χ0v) is 22.0. The summed E-state index contributed by atoms with van der Waals surface area (Å²) in [4.78, 5) is 27.6. The van der Waals surface area contributed by atoms with Gasteiger partial charge in [-0.25, -0.2) is 0 Å². The van der Waals surface area contributed by atoms with E-state index >= 15 is 0 Å². The van der Waals surface area contributed by atoms with Crippen molar-refractivity contribution in [1.82, 2.24) is 9.47 Å². The van der Waals surface area contributed by atoms with Gasteiger partial charge in [0, 0.05) is 46.6 Å². The highest BCUT2D eigenvalue weighted by atomic mass is 19.4. The van der Waals surface area contributed by atoms with Crippen LogP contribution in [0.25, 0.3) is 10.9 Å². The molecule has 0 N–H and O–H groups in total. The minimum absolute atomic E-state index is 0.00529. The number of hydrogen-bond donors (Lipinski definition) is 0. The predicted octanol–water partition coefficient (Wildman–Crippen LogP) is 6.57. The smallest absolute Gasteiger partial charge is 0.401 e. The number of likely N-dealkylation sites (tertiary alicyclic amines) is 1. The highest BCUT2D eigenvalue weighted by Gasteiger charge is 2.34. The van der Waals surface area contributed by atoms with Gasteiger partial charge >= 0.3 is 6.18 Å². The van der Waals surface area contributed by atoms with E-state index in [9.17, 15) is 22.8 Å². The van der Waals surface area contributed by atoms with Crippen molar-refractivity contribution < 1.29 is 27.5 Å². The summed E-state index contributed by atoms with van der Waals surface area (Å²) in [6.07, 6.45) is -0.117. The van der Waals surface area contributed by atoms with Crippen molar-refractivity contribution in [3.8, 4) is 0 Å². The number of nitrogens with zero attached hydrogens (tertiary/aromatic N) is 2. The lowest BCUT2D eigenvalue weighted by atomic mass is 9.89. The van der Waals surface area contributed by atoms with Crippen molar-refractivity contribution in [2.24, 2.45) is 5.92 Å². The van der Waals surface area contributed by atoms with Gasteiger partial charge in [0.25, 0.3) is 0 Å². The van der Waals surface area contributed by atoms with Crippen molar-refractivity contribution in [1.29, 1.82) is 0 Å². The third kappa shape index (κ3) is 5.84. The van der Waals surface area contributed by atoms with Crippen LogP contribution in [-0.2, 0) is 9.53 Å². The van der Waals surface area contributed by atoms with Gasteiger partial charge in [0.15, 0.2) is 11.6 Å². The van der Waals surface area contributed by atoms with Crippen LogP contribution in [0, 0.1) is 12.8 Å². The fourth-order valence-corrected chi connectivity index (χ4v) is 5.99. The van der Waals surface area contributed by atoms with Crippen LogP contribution in [0.4, 0.5) is 13.2 Å². The van der Waals surface area contributed by atoms with E-state index in [0.717, 1.165) is 22.2 Å². The van der Waals surface area contributed by atoms with Gasteiger partial charge in [-0.05, 0) is 71.2 Å². The van der Waals surface area contributed by atoms with Crippen molar-refractivity contribution in [2.45, 2.75) is 65.1 Å². The molecule has 1 aromatic heterocycles. The Morgan fingerprint density at radius 2 is 1.84 bits per heavy atom. The second-order valence-electron chi connectivity index (χ2n) is 10.4. The Hall–Kier alpha value is -2.87. The largest absolute Gasteiger partial charge is 0.496 e. The fraction of sp³-hybridized carbons (Fsp3) is 0.517. The first-order valence-electron chi connectivity index (χ1n) is 12.9. The van der Waals surface area contributed by atoms with E-state index in [1.54, 1.807) is 0 Å². The number of benzene rings is 1. The van der Waals surface area contributed by atoms with Crippen LogP contribution in [-0.4, -0.2) is 54.0 Å². The standard InChI is InChI=1S/C29H35F3N2O3/c1-18-15-26(36)23(27(16-18)37-4)9-10-25(35)28-20(3)34(24-8-6-5-7-22(24)28)19(2)21-11-13-33(14-12-21)17-29(30,31)32/h5-8,16,19,21H,9-15,17H2,1-4H3. The van der Waals surface area contributed by atoms with Gasteiger partial charge in [-0.1, -0.05) is 23.8 Å². The van der Waals surface area contributed by atoms with Gasteiger partial charge < -0.3 is 9.30 Å². The fourth-order valence-electron chi connectivity index (χ4n) is 5.99. The molecule has 0 radical (unpaired) electrons. The molecule has 1 atom stereocenters. The molecule has 1 unspecified atom stereocenters. The first-order valence-corrected chi connectivity index (χ1v) is 12.9. The molecule has 2 aromatic rings. The van der Waals surface area contributed by atoms with Gasteiger partial charge in [-0.3, -0.25) is 14.5 Å². The molecule has 8 heteroatoms. The van der Waals surface area contributed by atoms with Crippen LogP contribution in [0.1, 0.15) is 68.0 Å². The molecule has 2 heterocycles. The molecule has 5 nitrogen and oxygen atoms in total. The van der Waals surface area contributed by atoms with E-state index in [0.29, 0.717) is 55.7 Å². The molecule has 1 saturated heterocycles. The normalized spacial score (nSPS) is 18.9. The number of ether oxygens (including phenoxy) is 1. The Morgan fingerprint density at radius 1 is 1.16 bits per heavy atom. The Labute approximate surface area is 215 Å². The van der Waals surface area contributed by atoms with E-state index < -0.39 is 12.7 Å². The Bertz CT molecular complexity index is 1250. The second kappa shape index (κ2) is 10.9. The topological polar surface area (TPSA) is 51.5 Å². The van der Waals surface area contributed by atoms with Crippen LogP contribution < -0.4 is 0 Å². The lowest BCUT2D eigenvalue weighted by molar-refractivity contribution is -0.149. The van der Waals surface area contributed by atoms with Gasteiger partial charge in [-0.15, -0.1) is 0 Å². The number of para-hydroxylation sites is 1. The molecule has 1 fully saturated rings. The maximum Gasteiger partial charge on any atom is 0.401 e. The number of carbonyl (C=O) groups is 2. The predicted molar refractivity (Wildman–Crippen MR) is 138 cm³/mol. The lowest BCUT2D eigenvalue weighted by Gasteiger charge is -2.36. The summed E-state index contributed by atoms with van der Waals surface area (Å²) in [6, 6.07) is 7.83. The summed E-state index contributed by atoms with van der Waals surface area (Å²) in [5, 5.41) is 0.873. The van der Waals surface area contributed by atoms with E-state index in [-0.39, 0.29) is 29.9 Å². The van der Waals surface area contributed by atoms with Gasteiger partial charge in [0.05, 0.1) is 13.7 Å². The van der Waals surface area contributed by atoms with E-state index in [2.05, 4.69) is 11.5 Å². The molecular weight excluding hydrogens is 481 g/mol. The monoisotopic (exact) mass is 516 g/mol. The first-order chi connectivity index (χ1) is 17.5. The average molecular weight is 517 g/mol. The number of rotatable bonds is 8. The van der Waals surface area contributed by atoms with Crippen molar-refractivity contribution in [2.75, 3.05) is 26.7 Å². The highest BCUT2D eigenvalue weighted by molar-refractivity contribution is 6.10. The average Bonchev–Trinajstić information content (AvgIpc) is 3.13. The van der Waals surface area contributed by atoms with E-state index in [4.69, 9.17) is 4.74 Å². The minimum atomic E-state index is -4.18. The molecule has 0 spiro atoms. The molecule has 1 aliphatic carbocycles. The van der Waals surface area contributed by atoms with Crippen LogP contribution in [0.15, 0.2) is 47.2 Å². The summed E-state index contributed by atoms with van der Waals surface area (Å²) in [6.45, 7) is 5.90. The van der Waals surface area contributed by atoms with Gasteiger partial charge in [0.2, 0.25) is 0 Å². The number of alkyl halides is 3. The van der Waals surface area contributed by atoms with E-state index in [1.165, 1.54) is 12.0 Å². The number of hydrogen-bond acceptors (Lipinski definition) is 4. The number of carbonyl (C=O) groups excluding carboxylic acids is 2. The lowest BCUT2D eigenvalue weighted by Crippen LogP contribution is -2.41. The SMILES string of the molecule is COC1=C(CCC(=O)c2c(C)n(C(C)C3CCN(CC(F)(F)F)CC3)c3ccccc23)C(=O)CC(C)=C1. The number of halogens is 3. The first kappa shape index (κ1) is 27.2. The summed E-state index contributed by atoms with van der Waals surface area (Å²) in [5.41, 5.74) is 3.98. The van der Waals surface area contributed by atoms with E-state index in [1.807, 2.05) is 44.2 Å². The number of aromatic nitrogens is 1. The molecular formula is C29H35F3N2O3. The zero-order valence-electron chi connectivity index (χ0n) is 22.0. The maximum atomic E-state index is 13.6. The molecule has 1 aromatic carbocycles. The Morgan fingerprint density at radius 3 is 2.49 bits per heavy atom. The van der Waals surface area contributed by atoms with Crippen molar-refractivity contribution in [3.05, 3.63) is 58.5 Å². The molecule has 200 valence electrons. The molecule has 0 amide bonds. The Kier molecular flexibility index (Phi) is 7.97. The Balaban J connectivity index is 1.56.